The molecule has 2 aromatic rings. The Hall–Kier alpha value is -2.03. The average Bonchev–Trinajstić information content (AvgIpc) is 2.40. The SMILES string of the molecule is Nc1cccc2c1CCN(c1ccncc1)C2. The number of hydrogen-bond donors (Lipinski definition) is 1. The fourth-order valence-corrected chi connectivity index (χ4v) is 2.41. The molecule has 86 valence electrons. The van der Waals surface area contributed by atoms with Gasteiger partial charge in [-0.2, -0.15) is 0 Å². The van der Waals surface area contributed by atoms with Crippen molar-refractivity contribution < 1.29 is 0 Å². The summed E-state index contributed by atoms with van der Waals surface area (Å²) < 4.78 is 0. The Kier molecular flexibility index (Phi) is 2.44. The maximum absolute atomic E-state index is 6.00. The third-order valence-corrected chi connectivity index (χ3v) is 3.33. The van der Waals surface area contributed by atoms with Crippen molar-refractivity contribution in [3.05, 3.63) is 53.9 Å². The molecular formula is C14H15N3. The summed E-state index contributed by atoms with van der Waals surface area (Å²) in [6, 6.07) is 10.3. The lowest BCUT2D eigenvalue weighted by Crippen LogP contribution is -2.30. The normalized spacial score (nSPS) is 14.5. The first-order chi connectivity index (χ1) is 8.34. The van der Waals surface area contributed by atoms with Crippen LogP contribution in [0, 0.1) is 0 Å². The Labute approximate surface area is 101 Å². The summed E-state index contributed by atoms with van der Waals surface area (Å²) in [5.74, 6) is 0. The number of benzene rings is 1. The zero-order valence-corrected chi connectivity index (χ0v) is 9.63. The van der Waals surface area contributed by atoms with Crippen LogP contribution in [0.3, 0.4) is 0 Å². The number of fused-ring (bicyclic) bond motifs is 1. The van der Waals surface area contributed by atoms with Crippen LogP contribution in [0.1, 0.15) is 11.1 Å². The van der Waals surface area contributed by atoms with Crippen LogP contribution in [0.15, 0.2) is 42.7 Å². The van der Waals surface area contributed by atoms with Gasteiger partial charge in [-0.05, 0) is 35.7 Å². The first kappa shape index (κ1) is 10.1. The first-order valence-electron chi connectivity index (χ1n) is 5.86. The van der Waals surface area contributed by atoms with Crippen LogP contribution in [0.5, 0.6) is 0 Å². The molecular weight excluding hydrogens is 210 g/mol. The summed E-state index contributed by atoms with van der Waals surface area (Å²) in [5, 5.41) is 0. The van der Waals surface area contributed by atoms with Gasteiger partial charge in [0.15, 0.2) is 0 Å². The Morgan fingerprint density at radius 2 is 1.94 bits per heavy atom. The minimum absolute atomic E-state index is 0.928. The maximum atomic E-state index is 6.00. The summed E-state index contributed by atoms with van der Waals surface area (Å²) in [7, 11) is 0. The van der Waals surface area contributed by atoms with E-state index in [1.54, 1.807) is 0 Å². The van der Waals surface area contributed by atoms with Crippen LogP contribution in [0.4, 0.5) is 11.4 Å². The van der Waals surface area contributed by atoms with Crippen LogP contribution in [0.25, 0.3) is 0 Å². The zero-order chi connectivity index (χ0) is 11.7. The molecule has 0 saturated carbocycles. The average molecular weight is 225 g/mol. The molecule has 1 aromatic heterocycles. The molecule has 0 fully saturated rings. The van der Waals surface area contributed by atoms with Gasteiger partial charge >= 0.3 is 0 Å². The van der Waals surface area contributed by atoms with E-state index in [0.29, 0.717) is 0 Å². The molecule has 1 aromatic carbocycles. The fraction of sp³-hybridized carbons (Fsp3) is 0.214. The highest BCUT2D eigenvalue weighted by atomic mass is 15.1. The number of pyridine rings is 1. The van der Waals surface area contributed by atoms with E-state index in [0.717, 1.165) is 25.2 Å². The van der Waals surface area contributed by atoms with E-state index < -0.39 is 0 Å². The van der Waals surface area contributed by atoms with Crippen molar-refractivity contribution in [3.8, 4) is 0 Å². The predicted molar refractivity (Wildman–Crippen MR) is 69.8 cm³/mol. The van der Waals surface area contributed by atoms with Gasteiger partial charge in [-0.1, -0.05) is 12.1 Å². The predicted octanol–water partition coefficient (Wildman–Crippen LogP) is 2.23. The lowest BCUT2D eigenvalue weighted by Gasteiger charge is -2.31. The van der Waals surface area contributed by atoms with E-state index >= 15 is 0 Å². The van der Waals surface area contributed by atoms with Gasteiger partial charge in [0.1, 0.15) is 0 Å². The highest BCUT2D eigenvalue weighted by Crippen LogP contribution is 2.27. The molecule has 0 atom stereocenters. The molecule has 0 spiro atoms. The lowest BCUT2D eigenvalue weighted by molar-refractivity contribution is 0.733. The third-order valence-electron chi connectivity index (χ3n) is 3.33. The van der Waals surface area contributed by atoms with Gasteiger partial charge in [0, 0.05) is 36.9 Å². The van der Waals surface area contributed by atoms with Crippen molar-refractivity contribution in [2.75, 3.05) is 17.2 Å². The van der Waals surface area contributed by atoms with Gasteiger partial charge in [-0.15, -0.1) is 0 Å². The highest BCUT2D eigenvalue weighted by molar-refractivity contribution is 5.56. The van der Waals surface area contributed by atoms with Crippen molar-refractivity contribution in [1.82, 2.24) is 4.98 Å². The van der Waals surface area contributed by atoms with Crippen molar-refractivity contribution in [2.45, 2.75) is 13.0 Å². The minimum Gasteiger partial charge on any atom is -0.398 e. The molecule has 0 unspecified atom stereocenters. The lowest BCUT2D eigenvalue weighted by atomic mass is 9.98. The summed E-state index contributed by atoms with van der Waals surface area (Å²) in [6.45, 7) is 1.95. The topological polar surface area (TPSA) is 42.1 Å². The van der Waals surface area contributed by atoms with Gasteiger partial charge in [0.05, 0.1) is 0 Å². The quantitative estimate of drug-likeness (QED) is 0.757. The summed E-state index contributed by atoms with van der Waals surface area (Å²) in [5.41, 5.74) is 10.8. The summed E-state index contributed by atoms with van der Waals surface area (Å²) >= 11 is 0. The number of nitrogen functional groups attached to an aromatic ring is 1. The molecule has 2 N–H and O–H groups in total. The Balaban J connectivity index is 1.91. The van der Waals surface area contributed by atoms with Crippen LogP contribution in [0.2, 0.25) is 0 Å². The minimum atomic E-state index is 0.928. The van der Waals surface area contributed by atoms with E-state index in [2.05, 4.69) is 28.1 Å². The summed E-state index contributed by atoms with van der Waals surface area (Å²) in [4.78, 5) is 6.42. The van der Waals surface area contributed by atoms with E-state index in [4.69, 9.17) is 5.73 Å². The molecule has 0 amide bonds. The molecule has 0 bridgehead atoms. The zero-order valence-electron chi connectivity index (χ0n) is 9.63. The van der Waals surface area contributed by atoms with Crippen LogP contribution in [-0.2, 0) is 13.0 Å². The second-order valence-corrected chi connectivity index (χ2v) is 4.36. The Morgan fingerprint density at radius 3 is 2.76 bits per heavy atom. The number of hydrogen-bond acceptors (Lipinski definition) is 3. The second kappa shape index (κ2) is 4.09. The molecule has 0 aliphatic carbocycles. The third kappa shape index (κ3) is 1.84. The largest absolute Gasteiger partial charge is 0.398 e. The van der Waals surface area contributed by atoms with Gasteiger partial charge in [0.2, 0.25) is 0 Å². The molecule has 17 heavy (non-hydrogen) atoms. The molecule has 1 aliphatic rings. The summed E-state index contributed by atoms with van der Waals surface area (Å²) in [6.07, 6.45) is 4.69. The Morgan fingerprint density at radius 1 is 1.12 bits per heavy atom. The molecule has 3 rings (SSSR count). The fourth-order valence-electron chi connectivity index (χ4n) is 2.41. The molecule has 2 heterocycles. The highest BCUT2D eigenvalue weighted by Gasteiger charge is 2.17. The Bertz CT molecular complexity index is 522. The number of rotatable bonds is 1. The van der Waals surface area contributed by atoms with E-state index in [9.17, 15) is 0 Å². The first-order valence-corrected chi connectivity index (χ1v) is 5.86. The number of nitrogens with zero attached hydrogens (tertiary/aromatic N) is 2. The van der Waals surface area contributed by atoms with Gasteiger partial charge in [0.25, 0.3) is 0 Å². The number of anilines is 2. The number of nitrogens with two attached hydrogens (primary N) is 1. The second-order valence-electron chi connectivity index (χ2n) is 4.36. The van der Waals surface area contributed by atoms with Crippen molar-refractivity contribution >= 4 is 11.4 Å². The number of aromatic nitrogens is 1. The monoisotopic (exact) mass is 225 g/mol. The van der Waals surface area contributed by atoms with Crippen molar-refractivity contribution in [1.29, 1.82) is 0 Å². The van der Waals surface area contributed by atoms with Crippen LogP contribution in [-0.4, -0.2) is 11.5 Å². The molecule has 3 heteroatoms. The molecule has 0 radical (unpaired) electrons. The maximum Gasteiger partial charge on any atom is 0.0433 e. The van der Waals surface area contributed by atoms with Gasteiger partial charge in [-0.3, -0.25) is 4.98 Å². The van der Waals surface area contributed by atoms with Gasteiger partial charge in [-0.25, -0.2) is 0 Å². The van der Waals surface area contributed by atoms with Gasteiger partial charge < -0.3 is 10.6 Å². The van der Waals surface area contributed by atoms with E-state index in [1.807, 2.05) is 24.5 Å². The smallest absolute Gasteiger partial charge is 0.0433 e. The molecule has 3 nitrogen and oxygen atoms in total. The van der Waals surface area contributed by atoms with E-state index in [1.165, 1.54) is 16.8 Å². The van der Waals surface area contributed by atoms with Crippen molar-refractivity contribution in [2.24, 2.45) is 0 Å². The molecule has 1 aliphatic heterocycles. The van der Waals surface area contributed by atoms with E-state index in [-0.39, 0.29) is 0 Å². The standard InChI is InChI=1S/C14H15N3/c15-14-3-1-2-11-10-17(9-6-13(11)14)12-4-7-16-8-5-12/h1-5,7-8H,6,9-10,15H2. The van der Waals surface area contributed by atoms with Crippen LogP contribution >= 0.6 is 0 Å². The molecule has 0 saturated heterocycles. The van der Waals surface area contributed by atoms with Crippen LogP contribution < -0.4 is 10.6 Å². The van der Waals surface area contributed by atoms with Crippen molar-refractivity contribution in [3.63, 3.8) is 0 Å².